The van der Waals surface area contributed by atoms with Crippen molar-refractivity contribution in [1.29, 1.82) is 0 Å². The predicted octanol–water partition coefficient (Wildman–Crippen LogP) is 3.93. The Bertz CT molecular complexity index is 1020. The number of anilines is 1. The summed E-state index contributed by atoms with van der Waals surface area (Å²) in [4.78, 5) is 28.3. The Hall–Kier alpha value is -2.57. The number of hydrogen-bond donors (Lipinski definition) is 1. The molecule has 0 unspecified atom stereocenters. The fourth-order valence-corrected chi connectivity index (χ4v) is 2.67. The van der Waals surface area contributed by atoms with Crippen molar-refractivity contribution >= 4 is 45.9 Å². The van der Waals surface area contributed by atoms with Gasteiger partial charge in [-0.15, -0.1) is 0 Å². The van der Waals surface area contributed by atoms with Crippen LogP contribution >= 0.6 is 23.2 Å². The molecule has 0 spiro atoms. The zero-order valence-corrected chi connectivity index (χ0v) is 14.6. The van der Waals surface area contributed by atoms with E-state index in [1.165, 1.54) is 18.0 Å². The second kappa shape index (κ2) is 7.13. The number of carbonyl (C=O) groups excluding carboxylic acids is 1. The minimum absolute atomic E-state index is 0.232. The summed E-state index contributed by atoms with van der Waals surface area (Å²) in [6, 6.07) is 10.0. The standard InChI is InChI=1S/C17H13Cl2N3O3/c1-25-17(24)21-11-3-5-15-12(7-11)16(23)22(9-20-15)8-10-2-4-13(18)14(19)6-10/h2-7,9H,8H2,1H3,(H,21,24). The SMILES string of the molecule is COC(=O)Nc1ccc2ncn(Cc3ccc(Cl)c(Cl)c3)c(=O)c2c1. The predicted molar refractivity (Wildman–Crippen MR) is 97.6 cm³/mol. The first-order chi connectivity index (χ1) is 12.0. The van der Waals surface area contributed by atoms with Crippen LogP contribution in [0.3, 0.4) is 0 Å². The van der Waals surface area contributed by atoms with E-state index in [-0.39, 0.29) is 5.56 Å². The van der Waals surface area contributed by atoms with Gasteiger partial charge in [0.15, 0.2) is 0 Å². The highest BCUT2D eigenvalue weighted by Gasteiger charge is 2.08. The molecular weight excluding hydrogens is 365 g/mol. The van der Waals surface area contributed by atoms with Crippen molar-refractivity contribution in [2.75, 3.05) is 12.4 Å². The number of halogens is 2. The normalized spacial score (nSPS) is 10.7. The molecule has 0 aliphatic carbocycles. The molecule has 3 rings (SSSR count). The van der Waals surface area contributed by atoms with Gasteiger partial charge in [-0.05, 0) is 35.9 Å². The minimum Gasteiger partial charge on any atom is -0.453 e. The van der Waals surface area contributed by atoms with Gasteiger partial charge in [0.1, 0.15) is 0 Å². The van der Waals surface area contributed by atoms with Crippen LogP contribution in [-0.4, -0.2) is 22.8 Å². The number of benzene rings is 2. The van der Waals surface area contributed by atoms with Gasteiger partial charge in [0.05, 0.1) is 40.9 Å². The molecular formula is C17H13Cl2N3O3. The summed E-state index contributed by atoms with van der Waals surface area (Å²) in [5.74, 6) is 0. The van der Waals surface area contributed by atoms with Crippen LogP contribution in [0.2, 0.25) is 10.0 Å². The largest absolute Gasteiger partial charge is 0.453 e. The minimum atomic E-state index is -0.612. The third kappa shape index (κ3) is 3.75. The molecule has 3 aromatic rings. The van der Waals surface area contributed by atoms with Crippen molar-refractivity contribution < 1.29 is 9.53 Å². The number of methoxy groups -OCH3 is 1. The highest BCUT2D eigenvalue weighted by Crippen LogP contribution is 2.23. The average Bonchev–Trinajstić information content (AvgIpc) is 2.61. The first-order valence-corrected chi connectivity index (χ1v) is 8.01. The molecule has 0 bridgehead atoms. The monoisotopic (exact) mass is 377 g/mol. The third-order valence-corrected chi connectivity index (χ3v) is 4.33. The first-order valence-electron chi connectivity index (χ1n) is 7.26. The van der Waals surface area contributed by atoms with E-state index in [1.807, 2.05) is 0 Å². The van der Waals surface area contributed by atoms with Crippen molar-refractivity contribution in [2.45, 2.75) is 6.54 Å². The molecule has 0 atom stereocenters. The van der Waals surface area contributed by atoms with E-state index in [0.29, 0.717) is 33.2 Å². The maximum atomic E-state index is 12.7. The van der Waals surface area contributed by atoms with Crippen molar-refractivity contribution in [1.82, 2.24) is 9.55 Å². The van der Waals surface area contributed by atoms with E-state index in [9.17, 15) is 9.59 Å². The van der Waals surface area contributed by atoms with E-state index < -0.39 is 6.09 Å². The molecule has 2 aromatic carbocycles. The molecule has 0 saturated heterocycles. The Labute approximate surface area is 153 Å². The van der Waals surface area contributed by atoms with Crippen molar-refractivity contribution in [3.8, 4) is 0 Å². The number of nitrogens with one attached hydrogen (secondary N) is 1. The Morgan fingerprint density at radius 2 is 2.00 bits per heavy atom. The van der Waals surface area contributed by atoms with Crippen LogP contribution in [0.15, 0.2) is 47.5 Å². The number of rotatable bonds is 3. The van der Waals surface area contributed by atoms with Crippen molar-refractivity contribution in [3.05, 3.63) is 68.7 Å². The number of aromatic nitrogens is 2. The number of fused-ring (bicyclic) bond motifs is 1. The first kappa shape index (κ1) is 17.3. The molecule has 1 amide bonds. The Morgan fingerprint density at radius 1 is 1.20 bits per heavy atom. The number of carbonyl (C=O) groups is 1. The van der Waals surface area contributed by atoms with Gasteiger partial charge in [-0.25, -0.2) is 9.78 Å². The van der Waals surface area contributed by atoms with E-state index in [4.69, 9.17) is 23.2 Å². The number of ether oxygens (including phenoxy) is 1. The van der Waals surface area contributed by atoms with E-state index in [1.54, 1.807) is 36.4 Å². The lowest BCUT2D eigenvalue weighted by molar-refractivity contribution is 0.187. The molecule has 25 heavy (non-hydrogen) atoms. The number of amides is 1. The highest BCUT2D eigenvalue weighted by molar-refractivity contribution is 6.42. The van der Waals surface area contributed by atoms with E-state index in [2.05, 4.69) is 15.0 Å². The Balaban J connectivity index is 1.98. The number of hydrogen-bond acceptors (Lipinski definition) is 4. The molecule has 0 aliphatic heterocycles. The summed E-state index contributed by atoms with van der Waals surface area (Å²) in [7, 11) is 1.27. The Kier molecular flexibility index (Phi) is 4.92. The quantitative estimate of drug-likeness (QED) is 0.750. The summed E-state index contributed by atoms with van der Waals surface area (Å²) in [5, 5.41) is 3.78. The molecule has 1 aromatic heterocycles. The second-order valence-corrected chi connectivity index (χ2v) is 6.09. The van der Waals surface area contributed by atoms with Crippen molar-refractivity contribution in [3.63, 3.8) is 0 Å². The fraction of sp³-hybridized carbons (Fsp3) is 0.118. The van der Waals surface area contributed by atoms with Crippen molar-refractivity contribution in [2.24, 2.45) is 0 Å². The smallest absolute Gasteiger partial charge is 0.411 e. The van der Waals surface area contributed by atoms with Crippen LogP contribution in [0, 0.1) is 0 Å². The van der Waals surface area contributed by atoms with E-state index in [0.717, 1.165) is 5.56 Å². The highest BCUT2D eigenvalue weighted by atomic mass is 35.5. The lowest BCUT2D eigenvalue weighted by Gasteiger charge is -2.09. The molecule has 0 saturated carbocycles. The van der Waals surface area contributed by atoms with Gasteiger partial charge < -0.3 is 4.74 Å². The van der Waals surface area contributed by atoms with Gasteiger partial charge >= 0.3 is 6.09 Å². The second-order valence-electron chi connectivity index (χ2n) is 5.27. The molecule has 0 radical (unpaired) electrons. The summed E-state index contributed by atoms with van der Waals surface area (Å²) in [5.41, 5.74) is 1.57. The van der Waals surface area contributed by atoms with Crippen LogP contribution in [0.1, 0.15) is 5.56 Å². The van der Waals surface area contributed by atoms with Crippen LogP contribution in [0.5, 0.6) is 0 Å². The molecule has 1 N–H and O–H groups in total. The average molecular weight is 378 g/mol. The third-order valence-electron chi connectivity index (χ3n) is 3.59. The molecule has 0 aliphatic rings. The van der Waals surface area contributed by atoms with Gasteiger partial charge in [-0.1, -0.05) is 29.3 Å². The van der Waals surface area contributed by atoms with Gasteiger partial charge in [0.2, 0.25) is 0 Å². The zero-order valence-electron chi connectivity index (χ0n) is 13.1. The van der Waals surface area contributed by atoms with Crippen LogP contribution in [0.25, 0.3) is 10.9 Å². The summed E-state index contributed by atoms with van der Waals surface area (Å²) >= 11 is 11.9. The Morgan fingerprint density at radius 3 is 2.72 bits per heavy atom. The summed E-state index contributed by atoms with van der Waals surface area (Å²) < 4.78 is 6.01. The molecule has 128 valence electrons. The lowest BCUT2D eigenvalue weighted by atomic mass is 10.2. The molecule has 0 fully saturated rings. The lowest BCUT2D eigenvalue weighted by Crippen LogP contribution is -2.21. The topological polar surface area (TPSA) is 73.2 Å². The maximum Gasteiger partial charge on any atom is 0.411 e. The fourth-order valence-electron chi connectivity index (χ4n) is 2.35. The molecule has 8 heteroatoms. The zero-order chi connectivity index (χ0) is 18.0. The van der Waals surface area contributed by atoms with Gasteiger partial charge in [0.25, 0.3) is 5.56 Å². The number of nitrogens with zero attached hydrogens (tertiary/aromatic N) is 2. The maximum absolute atomic E-state index is 12.7. The van der Waals surface area contributed by atoms with Gasteiger partial charge in [-0.3, -0.25) is 14.7 Å². The molecule has 6 nitrogen and oxygen atoms in total. The van der Waals surface area contributed by atoms with Gasteiger partial charge in [0, 0.05) is 5.69 Å². The molecule has 1 heterocycles. The summed E-state index contributed by atoms with van der Waals surface area (Å²) in [6.07, 6.45) is 0.861. The summed E-state index contributed by atoms with van der Waals surface area (Å²) in [6.45, 7) is 0.299. The van der Waals surface area contributed by atoms with E-state index >= 15 is 0 Å². The van der Waals surface area contributed by atoms with Crippen LogP contribution in [-0.2, 0) is 11.3 Å². The van der Waals surface area contributed by atoms with Crippen LogP contribution < -0.4 is 10.9 Å². The van der Waals surface area contributed by atoms with Gasteiger partial charge in [-0.2, -0.15) is 0 Å². The van der Waals surface area contributed by atoms with Crippen LogP contribution in [0.4, 0.5) is 10.5 Å².